The fraction of sp³-hybridized carbons (Fsp3) is 0.286. The van der Waals surface area contributed by atoms with E-state index < -0.39 is 5.97 Å². The average molecular weight is 476 g/mol. The first kappa shape index (κ1) is 22.0. The van der Waals surface area contributed by atoms with Crippen molar-refractivity contribution in [3.8, 4) is 28.7 Å². The quantitative estimate of drug-likeness (QED) is 0.373. The van der Waals surface area contributed by atoms with Crippen LogP contribution in [0, 0.1) is 0 Å². The summed E-state index contributed by atoms with van der Waals surface area (Å²) in [7, 11) is 0. The van der Waals surface area contributed by atoms with Crippen LogP contribution in [0.15, 0.2) is 35.1 Å². The van der Waals surface area contributed by atoms with Crippen molar-refractivity contribution in [1.82, 2.24) is 24.9 Å². The highest BCUT2D eigenvalue weighted by molar-refractivity contribution is 6.34. The summed E-state index contributed by atoms with van der Waals surface area (Å²) in [5.74, 6) is 0.0488. The SMILES string of the molecule is CC(C)Oc1ncc(-c2nc(-c3cc4cn(CCCC(=O)O)nc4cc3Cl)no2)cc1Cl. The summed E-state index contributed by atoms with van der Waals surface area (Å²) in [6, 6.07) is 5.18. The van der Waals surface area contributed by atoms with Gasteiger partial charge in [0.1, 0.15) is 5.02 Å². The maximum absolute atomic E-state index is 10.7. The van der Waals surface area contributed by atoms with Gasteiger partial charge in [-0.3, -0.25) is 9.48 Å². The van der Waals surface area contributed by atoms with Gasteiger partial charge in [0.25, 0.3) is 5.89 Å². The number of hydrogen-bond acceptors (Lipinski definition) is 7. The first-order chi connectivity index (χ1) is 15.3. The third-order valence-electron chi connectivity index (χ3n) is 4.49. The molecule has 0 unspecified atom stereocenters. The second kappa shape index (κ2) is 9.13. The van der Waals surface area contributed by atoms with Crippen LogP contribution in [0.3, 0.4) is 0 Å². The van der Waals surface area contributed by atoms with Crippen LogP contribution in [-0.2, 0) is 11.3 Å². The zero-order valence-corrected chi connectivity index (χ0v) is 18.8. The van der Waals surface area contributed by atoms with Gasteiger partial charge in [-0.1, -0.05) is 28.4 Å². The average Bonchev–Trinajstić information content (AvgIpc) is 3.35. The Morgan fingerprint density at radius 3 is 2.78 bits per heavy atom. The highest BCUT2D eigenvalue weighted by Gasteiger charge is 2.17. The Morgan fingerprint density at radius 1 is 1.25 bits per heavy atom. The topological polar surface area (TPSA) is 116 Å². The van der Waals surface area contributed by atoms with Crippen molar-refractivity contribution in [3.63, 3.8) is 0 Å². The molecular formula is C21H19Cl2N5O4. The predicted octanol–water partition coefficient (Wildman–Crippen LogP) is 5.11. The van der Waals surface area contributed by atoms with Crippen LogP contribution >= 0.6 is 23.2 Å². The number of hydrogen-bond donors (Lipinski definition) is 1. The molecule has 166 valence electrons. The highest BCUT2D eigenvalue weighted by Crippen LogP contribution is 2.33. The van der Waals surface area contributed by atoms with E-state index in [4.69, 9.17) is 37.6 Å². The lowest BCUT2D eigenvalue weighted by molar-refractivity contribution is -0.137. The first-order valence-corrected chi connectivity index (χ1v) is 10.6. The van der Waals surface area contributed by atoms with Gasteiger partial charge in [-0.05, 0) is 38.5 Å². The summed E-state index contributed by atoms with van der Waals surface area (Å²) in [5.41, 5.74) is 1.82. The third kappa shape index (κ3) is 4.84. The van der Waals surface area contributed by atoms with Gasteiger partial charge in [0, 0.05) is 36.3 Å². The van der Waals surface area contributed by atoms with Gasteiger partial charge in [0.15, 0.2) is 0 Å². The number of aryl methyl sites for hydroxylation is 1. The molecule has 0 amide bonds. The number of carboxylic acid groups (broad SMARTS) is 1. The predicted molar refractivity (Wildman–Crippen MR) is 119 cm³/mol. The normalized spacial score (nSPS) is 11.4. The van der Waals surface area contributed by atoms with Crippen molar-refractivity contribution in [2.24, 2.45) is 0 Å². The van der Waals surface area contributed by atoms with Crippen LogP contribution in [0.2, 0.25) is 10.0 Å². The van der Waals surface area contributed by atoms with E-state index in [0.717, 1.165) is 5.39 Å². The number of benzene rings is 1. The maximum atomic E-state index is 10.7. The summed E-state index contributed by atoms with van der Waals surface area (Å²) < 4.78 is 12.6. The van der Waals surface area contributed by atoms with Crippen LogP contribution in [0.5, 0.6) is 5.88 Å². The van der Waals surface area contributed by atoms with E-state index in [1.54, 1.807) is 23.0 Å². The van der Waals surface area contributed by atoms with Crippen molar-refractivity contribution >= 4 is 40.1 Å². The van der Waals surface area contributed by atoms with Crippen LogP contribution in [0.25, 0.3) is 33.7 Å². The molecule has 0 fully saturated rings. The molecule has 4 aromatic rings. The summed E-state index contributed by atoms with van der Waals surface area (Å²) in [5, 5.41) is 18.8. The molecule has 0 bridgehead atoms. The lowest BCUT2D eigenvalue weighted by Gasteiger charge is -2.09. The number of fused-ring (bicyclic) bond motifs is 1. The summed E-state index contributed by atoms with van der Waals surface area (Å²) in [4.78, 5) is 19.4. The van der Waals surface area contributed by atoms with E-state index in [9.17, 15) is 4.79 Å². The number of carboxylic acids is 1. The standard InChI is InChI=1S/C21H19Cl2N5O4/c1-11(2)31-21-16(23)7-12(9-24-21)20-25-19(27-32-20)14-6-13-10-28(5-3-4-18(29)30)26-17(13)8-15(14)22/h6-11H,3-5H2,1-2H3,(H,29,30). The Bertz CT molecular complexity index is 1280. The molecule has 32 heavy (non-hydrogen) atoms. The van der Waals surface area contributed by atoms with Gasteiger partial charge in [-0.2, -0.15) is 10.1 Å². The maximum Gasteiger partial charge on any atom is 0.303 e. The number of nitrogens with zero attached hydrogens (tertiary/aromatic N) is 5. The summed E-state index contributed by atoms with van der Waals surface area (Å²) >= 11 is 12.7. The highest BCUT2D eigenvalue weighted by atomic mass is 35.5. The fourth-order valence-electron chi connectivity index (χ4n) is 3.08. The molecule has 0 saturated heterocycles. The molecule has 3 heterocycles. The number of pyridine rings is 1. The van der Waals surface area contributed by atoms with E-state index in [2.05, 4.69) is 20.2 Å². The van der Waals surface area contributed by atoms with Crippen molar-refractivity contribution in [2.45, 2.75) is 39.3 Å². The molecule has 9 nitrogen and oxygen atoms in total. The van der Waals surface area contributed by atoms with Gasteiger partial charge in [0.2, 0.25) is 11.7 Å². The van der Waals surface area contributed by atoms with Crippen LogP contribution in [-0.4, -0.2) is 42.1 Å². The lowest BCUT2D eigenvalue weighted by Crippen LogP contribution is -2.07. The first-order valence-electron chi connectivity index (χ1n) is 9.85. The molecule has 0 spiro atoms. The molecule has 0 saturated carbocycles. The Labute approximate surface area is 192 Å². The van der Waals surface area contributed by atoms with Crippen LogP contribution in [0.1, 0.15) is 26.7 Å². The van der Waals surface area contributed by atoms with Crippen molar-refractivity contribution < 1.29 is 19.2 Å². The molecule has 1 aromatic carbocycles. The minimum absolute atomic E-state index is 0.0561. The van der Waals surface area contributed by atoms with E-state index >= 15 is 0 Å². The van der Waals surface area contributed by atoms with E-state index in [1.807, 2.05) is 26.1 Å². The molecule has 0 atom stereocenters. The minimum atomic E-state index is -0.835. The van der Waals surface area contributed by atoms with Gasteiger partial charge in [-0.25, -0.2) is 4.98 Å². The van der Waals surface area contributed by atoms with Gasteiger partial charge in [-0.15, -0.1) is 0 Å². The summed E-state index contributed by atoms with van der Waals surface area (Å²) in [6.07, 6.45) is 3.88. The molecule has 3 aromatic heterocycles. The lowest BCUT2D eigenvalue weighted by atomic mass is 10.1. The van der Waals surface area contributed by atoms with Crippen LogP contribution in [0.4, 0.5) is 0 Å². The van der Waals surface area contributed by atoms with E-state index in [1.165, 1.54) is 0 Å². The zero-order valence-electron chi connectivity index (χ0n) is 17.2. The van der Waals surface area contributed by atoms with Gasteiger partial charge < -0.3 is 14.4 Å². The molecular weight excluding hydrogens is 457 g/mol. The number of aliphatic carboxylic acids is 1. The largest absolute Gasteiger partial charge is 0.481 e. The summed E-state index contributed by atoms with van der Waals surface area (Å²) in [6.45, 7) is 4.26. The second-order valence-electron chi connectivity index (χ2n) is 7.38. The van der Waals surface area contributed by atoms with E-state index in [-0.39, 0.29) is 18.4 Å². The third-order valence-corrected chi connectivity index (χ3v) is 5.07. The van der Waals surface area contributed by atoms with Crippen molar-refractivity contribution in [2.75, 3.05) is 0 Å². The minimum Gasteiger partial charge on any atom is -0.481 e. The Kier molecular flexibility index (Phi) is 6.29. The smallest absolute Gasteiger partial charge is 0.303 e. The zero-order chi connectivity index (χ0) is 22.8. The van der Waals surface area contributed by atoms with Crippen molar-refractivity contribution in [3.05, 3.63) is 40.6 Å². The van der Waals surface area contributed by atoms with Crippen molar-refractivity contribution in [1.29, 1.82) is 0 Å². The fourth-order valence-corrected chi connectivity index (χ4v) is 3.53. The number of carbonyl (C=O) groups is 1. The molecule has 0 aliphatic rings. The monoisotopic (exact) mass is 475 g/mol. The molecule has 11 heteroatoms. The Balaban J connectivity index is 1.59. The second-order valence-corrected chi connectivity index (χ2v) is 8.20. The molecule has 4 rings (SSSR count). The Hall–Kier alpha value is -3.17. The molecule has 0 aliphatic carbocycles. The number of aromatic nitrogens is 5. The van der Waals surface area contributed by atoms with Gasteiger partial charge >= 0.3 is 5.97 Å². The number of rotatable bonds is 8. The van der Waals surface area contributed by atoms with Gasteiger partial charge in [0.05, 0.1) is 22.2 Å². The molecule has 1 N–H and O–H groups in total. The Morgan fingerprint density at radius 2 is 2.06 bits per heavy atom. The van der Waals surface area contributed by atoms with Crippen LogP contribution < -0.4 is 4.74 Å². The number of ether oxygens (including phenoxy) is 1. The molecule has 0 radical (unpaired) electrons. The number of halogens is 2. The van der Waals surface area contributed by atoms with E-state index in [0.29, 0.717) is 51.4 Å². The molecule has 0 aliphatic heterocycles.